The van der Waals surface area contributed by atoms with Gasteiger partial charge in [0.15, 0.2) is 0 Å². The highest BCUT2D eigenvalue weighted by molar-refractivity contribution is 5.81. The van der Waals surface area contributed by atoms with Crippen molar-refractivity contribution in [2.24, 2.45) is 0 Å². The van der Waals surface area contributed by atoms with Gasteiger partial charge in [0.25, 0.3) is 0 Å². The number of ether oxygens (including phenoxy) is 1. The van der Waals surface area contributed by atoms with Crippen molar-refractivity contribution in [3.05, 3.63) is 59.4 Å². The first-order valence-corrected chi connectivity index (χ1v) is 12.0. The quantitative estimate of drug-likeness (QED) is 0.526. The van der Waals surface area contributed by atoms with Crippen LogP contribution in [0.5, 0.6) is 5.75 Å². The molecule has 5 nitrogen and oxygen atoms in total. The maximum Gasteiger partial charge on any atom is 0.223 e. The first kappa shape index (κ1) is 21.0. The number of likely N-dealkylation sites (tertiary alicyclic amines) is 1. The van der Waals surface area contributed by atoms with Gasteiger partial charge in [-0.05, 0) is 62.1 Å². The molecule has 5 heteroatoms. The van der Waals surface area contributed by atoms with Gasteiger partial charge < -0.3 is 14.2 Å². The second-order valence-corrected chi connectivity index (χ2v) is 9.44. The zero-order valence-corrected chi connectivity index (χ0v) is 19.2. The molecule has 0 bridgehead atoms. The zero-order valence-electron chi connectivity index (χ0n) is 19.2. The van der Waals surface area contributed by atoms with Crippen molar-refractivity contribution in [3.8, 4) is 5.75 Å². The number of nitrogens with zero attached hydrogens (tertiary/aromatic N) is 3. The zero-order chi connectivity index (χ0) is 22.1. The van der Waals surface area contributed by atoms with Gasteiger partial charge >= 0.3 is 0 Å². The van der Waals surface area contributed by atoms with E-state index in [1.165, 1.54) is 30.4 Å². The number of amides is 1. The highest BCUT2D eigenvalue weighted by Crippen LogP contribution is 2.34. The van der Waals surface area contributed by atoms with Gasteiger partial charge in [-0.1, -0.05) is 37.5 Å². The van der Waals surface area contributed by atoms with E-state index in [0.29, 0.717) is 25.0 Å². The molecule has 1 saturated carbocycles. The molecule has 2 aromatic carbocycles. The van der Waals surface area contributed by atoms with Gasteiger partial charge in [0, 0.05) is 24.9 Å². The average molecular weight is 432 g/mol. The van der Waals surface area contributed by atoms with Crippen LogP contribution >= 0.6 is 0 Å². The van der Waals surface area contributed by atoms with Gasteiger partial charge in [0.1, 0.15) is 18.2 Å². The Kier molecular flexibility index (Phi) is 5.90. The fraction of sp³-hybridized carbons (Fsp3) is 0.481. The Labute approximate surface area is 190 Å². The Morgan fingerprint density at radius 1 is 1.03 bits per heavy atom. The summed E-state index contributed by atoms with van der Waals surface area (Å²) >= 11 is 0. The summed E-state index contributed by atoms with van der Waals surface area (Å²) in [4.78, 5) is 20.0. The topological polar surface area (TPSA) is 47.4 Å². The number of fused-ring (bicyclic) bond motifs is 1. The highest BCUT2D eigenvalue weighted by atomic mass is 16.5. The molecule has 1 aliphatic heterocycles. The maximum absolute atomic E-state index is 12.9. The number of hydrogen-bond acceptors (Lipinski definition) is 3. The highest BCUT2D eigenvalue weighted by Gasteiger charge is 2.37. The van der Waals surface area contributed by atoms with Crippen LogP contribution in [0.1, 0.15) is 61.4 Å². The van der Waals surface area contributed by atoms with Gasteiger partial charge in [-0.2, -0.15) is 0 Å². The summed E-state index contributed by atoms with van der Waals surface area (Å²) < 4.78 is 8.37. The summed E-state index contributed by atoms with van der Waals surface area (Å²) in [7, 11) is 0. The average Bonchev–Trinajstić information content (AvgIpc) is 3.37. The monoisotopic (exact) mass is 431 g/mol. The Morgan fingerprint density at radius 3 is 2.66 bits per heavy atom. The summed E-state index contributed by atoms with van der Waals surface area (Å²) in [5, 5.41) is 0. The number of benzene rings is 2. The van der Waals surface area contributed by atoms with Crippen LogP contribution in [0.3, 0.4) is 0 Å². The number of carbonyl (C=O) groups excluding carboxylic acids is 1. The van der Waals surface area contributed by atoms with Gasteiger partial charge in [-0.15, -0.1) is 0 Å². The molecule has 168 valence electrons. The van der Waals surface area contributed by atoms with Crippen molar-refractivity contribution in [1.82, 2.24) is 14.5 Å². The molecule has 0 spiro atoms. The molecule has 1 atom stereocenters. The van der Waals surface area contributed by atoms with Crippen molar-refractivity contribution >= 4 is 16.9 Å². The normalized spacial score (nSPS) is 19.8. The van der Waals surface area contributed by atoms with E-state index in [4.69, 9.17) is 9.72 Å². The minimum Gasteiger partial charge on any atom is -0.492 e. The molecule has 5 rings (SSSR count). The summed E-state index contributed by atoms with van der Waals surface area (Å²) in [5.74, 6) is 2.38. The van der Waals surface area contributed by atoms with E-state index >= 15 is 0 Å². The second-order valence-electron chi connectivity index (χ2n) is 9.44. The van der Waals surface area contributed by atoms with Crippen LogP contribution in [0.25, 0.3) is 11.0 Å². The third-order valence-corrected chi connectivity index (χ3v) is 7.29. The minimum atomic E-state index is 0.151. The minimum absolute atomic E-state index is 0.151. The lowest BCUT2D eigenvalue weighted by Gasteiger charge is -2.31. The molecular formula is C27H33N3O2. The number of aryl methyl sites for hydroxylation is 2. The van der Waals surface area contributed by atoms with Crippen molar-refractivity contribution in [2.75, 3.05) is 13.2 Å². The summed E-state index contributed by atoms with van der Waals surface area (Å²) in [6, 6.07) is 14.9. The SMILES string of the molecule is Cc1ccc(OCCn2c(C3CC(=O)N(C4CCCCC4)C3)nc3ccccc32)cc1C. The van der Waals surface area contributed by atoms with E-state index < -0.39 is 0 Å². The largest absolute Gasteiger partial charge is 0.492 e. The van der Waals surface area contributed by atoms with Crippen molar-refractivity contribution in [2.45, 2.75) is 70.9 Å². The molecule has 1 aliphatic carbocycles. The molecule has 1 amide bonds. The van der Waals surface area contributed by atoms with E-state index in [2.05, 4.69) is 53.6 Å². The lowest BCUT2D eigenvalue weighted by atomic mass is 9.94. The Hall–Kier alpha value is -2.82. The third kappa shape index (κ3) is 4.13. The predicted octanol–water partition coefficient (Wildman–Crippen LogP) is 5.38. The Balaban J connectivity index is 1.36. The number of rotatable bonds is 6. The standard InChI is InChI=1S/C27H33N3O2/c1-19-12-13-23(16-20(19)2)32-15-14-29-25-11-7-6-10-24(25)28-27(29)21-17-26(31)30(18-21)22-8-4-3-5-9-22/h6-7,10-13,16,21-22H,3-5,8-9,14-15,17-18H2,1-2H3. The Morgan fingerprint density at radius 2 is 1.84 bits per heavy atom. The van der Waals surface area contributed by atoms with Crippen LogP contribution in [-0.2, 0) is 11.3 Å². The molecule has 2 heterocycles. The molecular weight excluding hydrogens is 398 g/mol. The fourth-order valence-electron chi connectivity index (χ4n) is 5.35. The van der Waals surface area contributed by atoms with Gasteiger partial charge in [0.2, 0.25) is 5.91 Å². The molecule has 0 radical (unpaired) electrons. The van der Waals surface area contributed by atoms with Crippen molar-refractivity contribution in [1.29, 1.82) is 0 Å². The third-order valence-electron chi connectivity index (χ3n) is 7.29. The number of carbonyl (C=O) groups is 1. The van der Waals surface area contributed by atoms with E-state index in [1.807, 2.05) is 12.1 Å². The molecule has 3 aromatic rings. The van der Waals surface area contributed by atoms with Gasteiger partial charge in [0.05, 0.1) is 17.6 Å². The second kappa shape index (κ2) is 8.97. The molecule has 1 unspecified atom stereocenters. The smallest absolute Gasteiger partial charge is 0.223 e. The summed E-state index contributed by atoms with van der Waals surface area (Å²) in [6.45, 7) is 6.31. The Bertz CT molecular complexity index is 1110. The lowest BCUT2D eigenvalue weighted by Crippen LogP contribution is -2.37. The van der Waals surface area contributed by atoms with Crippen molar-refractivity contribution in [3.63, 3.8) is 0 Å². The lowest BCUT2D eigenvalue weighted by molar-refractivity contribution is -0.130. The van der Waals surface area contributed by atoms with E-state index in [1.54, 1.807) is 0 Å². The van der Waals surface area contributed by atoms with E-state index in [9.17, 15) is 4.79 Å². The van der Waals surface area contributed by atoms with Crippen molar-refractivity contribution < 1.29 is 9.53 Å². The maximum atomic E-state index is 12.9. The van der Waals surface area contributed by atoms with Crippen LogP contribution in [0.4, 0.5) is 0 Å². The summed E-state index contributed by atoms with van der Waals surface area (Å²) in [5.41, 5.74) is 4.63. The molecule has 32 heavy (non-hydrogen) atoms. The van der Waals surface area contributed by atoms with Crippen LogP contribution < -0.4 is 4.74 Å². The van der Waals surface area contributed by atoms with E-state index in [-0.39, 0.29) is 5.92 Å². The number of para-hydroxylation sites is 2. The van der Waals surface area contributed by atoms with Crippen LogP contribution in [0.15, 0.2) is 42.5 Å². The molecule has 1 saturated heterocycles. The van der Waals surface area contributed by atoms with Crippen LogP contribution in [0.2, 0.25) is 0 Å². The van der Waals surface area contributed by atoms with Crippen LogP contribution in [-0.4, -0.2) is 39.6 Å². The van der Waals surface area contributed by atoms with Gasteiger partial charge in [-0.3, -0.25) is 4.79 Å². The fourth-order valence-corrected chi connectivity index (χ4v) is 5.35. The molecule has 2 aliphatic rings. The molecule has 1 aromatic heterocycles. The molecule has 0 N–H and O–H groups in total. The summed E-state index contributed by atoms with van der Waals surface area (Å²) in [6.07, 6.45) is 6.66. The number of hydrogen-bond donors (Lipinski definition) is 0. The van der Waals surface area contributed by atoms with Gasteiger partial charge in [-0.25, -0.2) is 4.98 Å². The first-order chi connectivity index (χ1) is 15.6. The number of imidazole rings is 1. The first-order valence-electron chi connectivity index (χ1n) is 12.0. The van der Waals surface area contributed by atoms with Crippen LogP contribution in [0, 0.1) is 13.8 Å². The number of aromatic nitrogens is 2. The predicted molar refractivity (Wildman–Crippen MR) is 127 cm³/mol. The molecule has 2 fully saturated rings. The van der Waals surface area contributed by atoms with E-state index in [0.717, 1.165) is 48.5 Å².